The molecule has 2 aromatic carbocycles. The average molecular weight is 312 g/mol. The van der Waals surface area contributed by atoms with Gasteiger partial charge in [0, 0.05) is 39.1 Å². The summed E-state index contributed by atoms with van der Waals surface area (Å²) < 4.78 is 19.2. The normalized spacial score (nSPS) is 21.0. The van der Waals surface area contributed by atoms with Gasteiger partial charge in [-0.1, -0.05) is 18.2 Å². The molecule has 1 N–H and O–H groups in total. The molecule has 0 bridgehead atoms. The summed E-state index contributed by atoms with van der Waals surface area (Å²) in [6, 6.07) is 12.9. The quantitative estimate of drug-likeness (QED) is 0.943. The minimum absolute atomic E-state index is 0.200. The van der Waals surface area contributed by atoms with E-state index in [1.54, 1.807) is 0 Å². The zero-order chi connectivity index (χ0) is 15.6. The second-order valence-corrected chi connectivity index (χ2v) is 6.32. The van der Waals surface area contributed by atoms with E-state index in [0.29, 0.717) is 0 Å². The molecule has 1 atom stereocenters. The van der Waals surface area contributed by atoms with E-state index in [1.165, 1.54) is 17.7 Å². The summed E-state index contributed by atoms with van der Waals surface area (Å²) in [5, 5.41) is 3.38. The Morgan fingerprint density at radius 1 is 1.04 bits per heavy atom. The van der Waals surface area contributed by atoms with Crippen molar-refractivity contribution in [3.8, 4) is 16.9 Å². The molecule has 2 aromatic rings. The van der Waals surface area contributed by atoms with E-state index in [-0.39, 0.29) is 11.9 Å². The van der Waals surface area contributed by atoms with Crippen molar-refractivity contribution in [3.05, 3.63) is 53.8 Å². The molecular weight excluding hydrogens is 291 g/mol. The Labute approximate surface area is 136 Å². The van der Waals surface area contributed by atoms with E-state index in [2.05, 4.69) is 22.3 Å². The molecule has 1 unspecified atom stereocenters. The highest BCUT2D eigenvalue weighted by Gasteiger charge is 2.25. The second kappa shape index (κ2) is 6.30. The first-order valence-electron chi connectivity index (χ1n) is 8.26. The van der Waals surface area contributed by atoms with Crippen LogP contribution in [-0.4, -0.2) is 43.7 Å². The van der Waals surface area contributed by atoms with Crippen LogP contribution in [0.15, 0.2) is 42.5 Å². The fourth-order valence-corrected chi connectivity index (χ4v) is 3.43. The fraction of sp³-hybridized carbons (Fsp3) is 0.368. The van der Waals surface area contributed by atoms with Crippen molar-refractivity contribution in [2.24, 2.45) is 0 Å². The van der Waals surface area contributed by atoms with Crippen LogP contribution in [0.3, 0.4) is 0 Å². The summed E-state index contributed by atoms with van der Waals surface area (Å²) in [5.41, 5.74) is 3.42. The Hall–Kier alpha value is -1.91. The molecule has 0 amide bonds. The number of halogens is 1. The van der Waals surface area contributed by atoms with Crippen LogP contribution < -0.4 is 10.1 Å². The van der Waals surface area contributed by atoms with E-state index in [1.807, 2.05) is 18.2 Å². The molecule has 4 heteroatoms. The third-order valence-electron chi connectivity index (χ3n) is 4.65. The van der Waals surface area contributed by atoms with Crippen LogP contribution in [-0.2, 0) is 6.42 Å². The van der Waals surface area contributed by atoms with Gasteiger partial charge in [-0.15, -0.1) is 0 Å². The zero-order valence-corrected chi connectivity index (χ0v) is 13.1. The zero-order valence-electron chi connectivity index (χ0n) is 13.1. The maximum atomic E-state index is 13.1. The van der Waals surface area contributed by atoms with Gasteiger partial charge in [-0.2, -0.15) is 0 Å². The minimum atomic E-state index is -0.200. The Morgan fingerprint density at radius 2 is 1.78 bits per heavy atom. The van der Waals surface area contributed by atoms with Gasteiger partial charge in [-0.3, -0.25) is 4.90 Å². The maximum Gasteiger partial charge on any atom is 0.123 e. The van der Waals surface area contributed by atoms with Crippen LogP contribution in [0.25, 0.3) is 11.1 Å². The van der Waals surface area contributed by atoms with Gasteiger partial charge < -0.3 is 10.1 Å². The maximum absolute atomic E-state index is 13.1. The van der Waals surface area contributed by atoms with Gasteiger partial charge in [0.25, 0.3) is 0 Å². The minimum Gasteiger partial charge on any atom is -0.488 e. The topological polar surface area (TPSA) is 24.5 Å². The lowest BCUT2D eigenvalue weighted by atomic mass is 10.0. The molecule has 0 aromatic heterocycles. The van der Waals surface area contributed by atoms with Crippen molar-refractivity contribution in [1.29, 1.82) is 0 Å². The molecule has 0 spiro atoms. The van der Waals surface area contributed by atoms with Crippen molar-refractivity contribution in [2.75, 3.05) is 32.7 Å². The third-order valence-corrected chi connectivity index (χ3v) is 4.65. The van der Waals surface area contributed by atoms with Crippen LogP contribution >= 0.6 is 0 Å². The lowest BCUT2D eigenvalue weighted by Crippen LogP contribution is -2.47. The number of piperazine rings is 1. The van der Waals surface area contributed by atoms with E-state index in [4.69, 9.17) is 4.74 Å². The molecule has 1 saturated heterocycles. The summed E-state index contributed by atoms with van der Waals surface area (Å²) >= 11 is 0. The number of nitrogens with one attached hydrogen (secondary N) is 1. The molecule has 0 radical (unpaired) electrons. The van der Waals surface area contributed by atoms with Gasteiger partial charge >= 0.3 is 0 Å². The van der Waals surface area contributed by atoms with Gasteiger partial charge in [0.2, 0.25) is 0 Å². The Balaban J connectivity index is 1.47. The molecular formula is C19H21FN2O. The SMILES string of the molecule is Fc1ccc(-c2ccc3c(c2)CC(CN2CCNCC2)O3)cc1. The first kappa shape index (κ1) is 14.7. The second-order valence-electron chi connectivity index (χ2n) is 6.32. The number of hydrogen-bond donors (Lipinski definition) is 1. The highest BCUT2D eigenvalue weighted by Crippen LogP contribution is 2.33. The van der Waals surface area contributed by atoms with Gasteiger partial charge in [-0.25, -0.2) is 4.39 Å². The molecule has 3 nitrogen and oxygen atoms in total. The number of ether oxygens (including phenoxy) is 1. The Kier molecular flexibility index (Phi) is 4.02. The predicted molar refractivity (Wildman–Crippen MR) is 89.3 cm³/mol. The van der Waals surface area contributed by atoms with Gasteiger partial charge in [-0.05, 0) is 41.0 Å². The van der Waals surface area contributed by atoms with Crippen LogP contribution in [0.1, 0.15) is 5.56 Å². The Morgan fingerprint density at radius 3 is 2.57 bits per heavy atom. The summed E-state index contributed by atoms with van der Waals surface area (Å²) in [7, 11) is 0. The van der Waals surface area contributed by atoms with Crippen molar-refractivity contribution in [2.45, 2.75) is 12.5 Å². The summed E-state index contributed by atoms with van der Waals surface area (Å²) in [6.07, 6.45) is 1.19. The van der Waals surface area contributed by atoms with Crippen LogP contribution in [0, 0.1) is 5.82 Å². The van der Waals surface area contributed by atoms with Gasteiger partial charge in [0.05, 0.1) is 0 Å². The lowest BCUT2D eigenvalue weighted by Gasteiger charge is -2.29. The molecule has 2 aliphatic heterocycles. The van der Waals surface area contributed by atoms with Crippen LogP contribution in [0.5, 0.6) is 5.75 Å². The summed E-state index contributed by atoms with van der Waals surface area (Å²) in [5.74, 6) is 0.797. The first-order chi connectivity index (χ1) is 11.3. The average Bonchev–Trinajstić information content (AvgIpc) is 2.98. The summed E-state index contributed by atoms with van der Waals surface area (Å²) in [6.45, 7) is 5.30. The molecule has 1 fully saturated rings. The molecule has 0 saturated carbocycles. The van der Waals surface area contributed by atoms with E-state index < -0.39 is 0 Å². The predicted octanol–water partition coefficient (Wildman–Crippen LogP) is 2.70. The fourth-order valence-electron chi connectivity index (χ4n) is 3.43. The van der Waals surface area contributed by atoms with Crippen molar-refractivity contribution >= 4 is 0 Å². The summed E-state index contributed by atoms with van der Waals surface area (Å²) in [4.78, 5) is 2.47. The first-order valence-corrected chi connectivity index (χ1v) is 8.26. The van der Waals surface area contributed by atoms with Gasteiger partial charge in [0.1, 0.15) is 17.7 Å². The van der Waals surface area contributed by atoms with Crippen molar-refractivity contribution in [1.82, 2.24) is 10.2 Å². The van der Waals surface area contributed by atoms with Crippen molar-refractivity contribution in [3.63, 3.8) is 0 Å². The molecule has 4 rings (SSSR count). The van der Waals surface area contributed by atoms with Gasteiger partial charge in [0.15, 0.2) is 0 Å². The number of fused-ring (bicyclic) bond motifs is 1. The largest absolute Gasteiger partial charge is 0.488 e. The monoisotopic (exact) mass is 312 g/mol. The number of nitrogens with zero attached hydrogens (tertiary/aromatic N) is 1. The van der Waals surface area contributed by atoms with E-state index >= 15 is 0 Å². The number of rotatable bonds is 3. The Bertz CT molecular complexity index is 680. The van der Waals surface area contributed by atoms with Crippen molar-refractivity contribution < 1.29 is 9.13 Å². The third kappa shape index (κ3) is 3.23. The molecule has 23 heavy (non-hydrogen) atoms. The highest BCUT2D eigenvalue weighted by molar-refractivity contribution is 5.66. The molecule has 120 valence electrons. The van der Waals surface area contributed by atoms with E-state index in [0.717, 1.165) is 56.0 Å². The highest BCUT2D eigenvalue weighted by atomic mass is 19.1. The molecule has 2 aliphatic rings. The molecule has 0 aliphatic carbocycles. The number of hydrogen-bond acceptors (Lipinski definition) is 3. The van der Waals surface area contributed by atoms with E-state index in [9.17, 15) is 4.39 Å². The van der Waals surface area contributed by atoms with Crippen LogP contribution in [0.4, 0.5) is 4.39 Å². The lowest BCUT2D eigenvalue weighted by molar-refractivity contribution is 0.139. The van der Waals surface area contributed by atoms with Crippen LogP contribution in [0.2, 0.25) is 0 Å². The number of benzene rings is 2. The molecule has 2 heterocycles. The standard InChI is InChI=1S/C19H21FN2O/c20-17-4-1-14(2-5-17)15-3-6-19-16(11-15)12-18(23-19)13-22-9-7-21-8-10-22/h1-6,11,18,21H,7-10,12-13H2. The smallest absolute Gasteiger partial charge is 0.123 e.